The SMILES string of the molecule is Cc1cc2nc3n(c(=O)c2cc1C)CCCC3C. The lowest BCUT2D eigenvalue weighted by molar-refractivity contribution is 0.446. The van der Waals surface area contributed by atoms with Crippen LogP contribution in [0.3, 0.4) is 0 Å². The molecule has 3 rings (SSSR count). The number of aromatic nitrogens is 2. The first-order valence-electron chi connectivity index (χ1n) is 6.59. The molecule has 1 unspecified atom stereocenters. The Hall–Kier alpha value is -1.64. The van der Waals surface area contributed by atoms with Gasteiger partial charge >= 0.3 is 0 Å². The Labute approximate surface area is 106 Å². The minimum absolute atomic E-state index is 0.129. The summed E-state index contributed by atoms with van der Waals surface area (Å²) in [4.78, 5) is 17.2. The molecule has 0 fully saturated rings. The molecule has 3 heteroatoms. The summed E-state index contributed by atoms with van der Waals surface area (Å²) in [6.45, 7) is 7.08. The molecule has 0 spiro atoms. The summed E-state index contributed by atoms with van der Waals surface area (Å²) < 4.78 is 1.87. The van der Waals surface area contributed by atoms with Crippen LogP contribution in [-0.4, -0.2) is 9.55 Å². The molecule has 18 heavy (non-hydrogen) atoms. The van der Waals surface area contributed by atoms with Gasteiger partial charge in [-0.3, -0.25) is 9.36 Å². The van der Waals surface area contributed by atoms with Crippen molar-refractivity contribution in [2.45, 2.75) is 46.1 Å². The van der Waals surface area contributed by atoms with Crippen LogP contribution in [-0.2, 0) is 6.54 Å². The zero-order chi connectivity index (χ0) is 12.9. The number of aryl methyl sites for hydroxylation is 2. The first-order chi connectivity index (χ1) is 8.58. The highest BCUT2D eigenvalue weighted by molar-refractivity contribution is 5.79. The average molecular weight is 242 g/mol. The molecule has 0 amide bonds. The molecule has 1 aromatic carbocycles. The van der Waals surface area contributed by atoms with E-state index >= 15 is 0 Å². The quantitative estimate of drug-likeness (QED) is 0.712. The predicted molar refractivity (Wildman–Crippen MR) is 73.1 cm³/mol. The Bertz CT molecular complexity index is 685. The molecule has 0 saturated carbocycles. The molecule has 2 aromatic rings. The summed E-state index contributed by atoms with van der Waals surface area (Å²) >= 11 is 0. The summed E-state index contributed by atoms with van der Waals surface area (Å²) in [6.07, 6.45) is 2.20. The molecular weight excluding hydrogens is 224 g/mol. The Kier molecular flexibility index (Phi) is 2.51. The van der Waals surface area contributed by atoms with Crippen molar-refractivity contribution >= 4 is 10.9 Å². The van der Waals surface area contributed by atoms with Crippen LogP contribution >= 0.6 is 0 Å². The number of benzene rings is 1. The summed E-state index contributed by atoms with van der Waals surface area (Å²) in [5.41, 5.74) is 3.33. The number of fused-ring (bicyclic) bond motifs is 2. The van der Waals surface area contributed by atoms with E-state index < -0.39 is 0 Å². The van der Waals surface area contributed by atoms with E-state index in [2.05, 4.69) is 13.8 Å². The van der Waals surface area contributed by atoms with E-state index in [1.54, 1.807) is 0 Å². The van der Waals surface area contributed by atoms with Gasteiger partial charge in [-0.1, -0.05) is 6.92 Å². The van der Waals surface area contributed by atoms with Crippen LogP contribution in [0.25, 0.3) is 10.9 Å². The van der Waals surface area contributed by atoms with Gasteiger partial charge in [0, 0.05) is 12.5 Å². The van der Waals surface area contributed by atoms with Crippen LogP contribution in [0.1, 0.15) is 42.6 Å². The molecule has 3 nitrogen and oxygen atoms in total. The van der Waals surface area contributed by atoms with Crippen LogP contribution < -0.4 is 5.56 Å². The lowest BCUT2D eigenvalue weighted by atomic mass is 9.99. The van der Waals surface area contributed by atoms with Crippen molar-refractivity contribution in [1.82, 2.24) is 9.55 Å². The molecule has 1 aromatic heterocycles. The maximum atomic E-state index is 12.5. The number of hydrogen-bond donors (Lipinski definition) is 0. The topological polar surface area (TPSA) is 34.9 Å². The Morgan fingerprint density at radius 2 is 2.00 bits per heavy atom. The van der Waals surface area contributed by atoms with E-state index in [0.29, 0.717) is 5.92 Å². The summed E-state index contributed by atoms with van der Waals surface area (Å²) in [7, 11) is 0. The van der Waals surface area contributed by atoms with Crippen LogP contribution in [0.15, 0.2) is 16.9 Å². The fraction of sp³-hybridized carbons (Fsp3) is 0.467. The largest absolute Gasteiger partial charge is 0.296 e. The molecular formula is C15H18N2O. The molecule has 0 N–H and O–H groups in total. The zero-order valence-corrected chi connectivity index (χ0v) is 11.2. The second-order valence-corrected chi connectivity index (χ2v) is 5.42. The zero-order valence-electron chi connectivity index (χ0n) is 11.2. The van der Waals surface area contributed by atoms with Gasteiger partial charge in [-0.2, -0.15) is 0 Å². The fourth-order valence-corrected chi connectivity index (χ4v) is 2.77. The van der Waals surface area contributed by atoms with Gasteiger partial charge in [0.25, 0.3) is 5.56 Å². The molecule has 1 aliphatic heterocycles. The van der Waals surface area contributed by atoms with Crippen molar-refractivity contribution in [3.8, 4) is 0 Å². The predicted octanol–water partition coefficient (Wildman–Crippen LogP) is 2.91. The van der Waals surface area contributed by atoms with Crippen molar-refractivity contribution in [1.29, 1.82) is 0 Å². The highest BCUT2D eigenvalue weighted by Crippen LogP contribution is 2.25. The van der Waals surface area contributed by atoms with E-state index in [9.17, 15) is 4.79 Å². The third-order valence-corrected chi connectivity index (χ3v) is 4.06. The van der Waals surface area contributed by atoms with Gasteiger partial charge in [0.1, 0.15) is 5.82 Å². The maximum absolute atomic E-state index is 12.5. The minimum atomic E-state index is 0.129. The molecule has 0 aliphatic carbocycles. The molecule has 0 radical (unpaired) electrons. The maximum Gasteiger partial charge on any atom is 0.261 e. The normalized spacial score (nSPS) is 18.9. The van der Waals surface area contributed by atoms with E-state index in [0.717, 1.165) is 41.7 Å². The van der Waals surface area contributed by atoms with E-state index in [4.69, 9.17) is 4.98 Å². The van der Waals surface area contributed by atoms with Crippen LogP contribution in [0.5, 0.6) is 0 Å². The summed E-state index contributed by atoms with van der Waals surface area (Å²) in [6, 6.07) is 4.01. The monoisotopic (exact) mass is 242 g/mol. The molecule has 0 bridgehead atoms. The smallest absolute Gasteiger partial charge is 0.261 e. The van der Waals surface area contributed by atoms with Crippen molar-refractivity contribution in [2.24, 2.45) is 0 Å². The van der Waals surface area contributed by atoms with Gasteiger partial charge < -0.3 is 0 Å². The molecule has 1 atom stereocenters. The summed E-state index contributed by atoms with van der Waals surface area (Å²) in [5, 5.41) is 0.760. The summed E-state index contributed by atoms with van der Waals surface area (Å²) in [5.74, 6) is 1.35. The highest BCUT2D eigenvalue weighted by Gasteiger charge is 2.20. The lowest BCUT2D eigenvalue weighted by Crippen LogP contribution is -2.29. The number of hydrogen-bond acceptors (Lipinski definition) is 2. The van der Waals surface area contributed by atoms with Crippen molar-refractivity contribution in [3.63, 3.8) is 0 Å². The van der Waals surface area contributed by atoms with Crippen molar-refractivity contribution in [2.75, 3.05) is 0 Å². The van der Waals surface area contributed by atoms with Crippen LogP contribution in [0.4, 0.5) is 0 Å². The standard InChI is InChI=1S/C15H18N2O/c1-9-5-4-6-17-14(9)16-13-8-11(3)10(2)7-12(13)15(17)18/h7-9H,4-6H2,1-3H3. The third kappa shape index (κ3) is 1.57. The van der Waals surface area contributed by atoms with Crippen molar-refractivity contribution < 1.29 is 0 Å². The van der Waals surface area contributed by atoms with Gasteiger partial charge in [-0.15, -0.1) is 0 Å². The van der Waals surface area contributed by atoms with Gasteiger partial charge in [0.05, 0.1) is 10.9 Å². The minimum Gasteiger partial charge on any atom is -0.296 e. The second-order valence-electron chi connectivity index (χ2n) is 5.42. The third-order valence-electron chi connectivity index (χ3n) is 4.06. The van der Waals surface area contributed by atoms with Crippen LogP contribution in [0.2, 0.25) is 0 Å². The average Bonchev–Trinajstić information content (AvgIpc) is 2.34. The van der Waals surface area contributed by atoms with E-state index in [1.807, 2.05) is 23.6 Å². The lowest BCUT2D eigenvalue weighted by Gasteiger charge is -2.23. The van der Waals surface area contributed by atoms with Crippen molar-refractivity contribution in [3.05, 3.63) is 39.4 Å². The molecule has 1 aliphatic rings. The molecule has 94 valence electrons. The van der Waals surface area contributed by atoms with Gasteiger partial charge in [0.15, 0.2) is 0 Å². The number of nitrogens with zero attached hydrogens (tertiary/aromatic N) is 2. The second kappa shape index (κ2) is 3.94. The Balaban J connectivity index is 2.40. The Morgan fingerprint density at radius 1 is 1.28 bits per heavy atom. The number of rotatable bonds is 0. The van der Waals surface area contributed by atoms with Gasteiger partial charge in [0.2, 0.25) is 0 Å². The Morgan fingerprint density at radius 3 is 2.78 bits per heavy atom. The molecule has 0 saturated heterocycles. The van der Waals surface area contributed by atoms with E-state index in [-0.39, 0.29) is 5.56 Å². The first-order valence-corrected chi connectivity index (χ1v) is 6.59. The first kappa shape index (κ1) is 11.5. The fourth-order valence-electron chi connectivity index (χ4n) is 2.77. The van der Waals surface area contributed by atoms with Crippen LogP contribution in [0, 0.1) is 13.8 Å². The van der Waals surface area contributed by atoms with E-state index in [1.165, 1.54) is 5.56 Å². The highest BCUT2D eigenvalue weighted by atomic mass is 16.1. The molecule has 2 heterocycles. The van der Waals surface area contributed by atoms with Gasteiger partial charge in [-0.05, 0) is 49.9 Å². The van der Waals surface area contributed by atoms with Gasteiger partial charge in [-0.25, -0.2) is 4.98 Å².